The number of hydrogen-bond donors (Lipinski definition) is 0. The van der Waals surface area contributed by atoms with Crippen LogP contribution >= 0.6 is 24.0 Å². The second kappa shape index (κ2) is 10.2. The van der Waals surface area contributed by atoms with E-state index in [1.165, 1.54) is 11.8 Å². The zero-order chi connectivity index (χ0) is 25.4. The van der Waals surface area contributed by atoms with E-state index in [-0.39, 0.29) is 17.5 Å². The maximum atomic E-state index is 13.8. The molecular formula is C27H29N5O2S2. The predicted molar refractivity (Wildman–Crippen MR) is 150 cm³/mol. The number of hydrogen-bond acceptors (Lipinski definition) is 7. The Morgan fingerprint density at radius 1 is 1.08 bits per heavy atom. The van der Waals surface area contributed by atoms with Gasteiger partial charge in [0.05, 0.1) is 16.5 Å². The smallest absolute Gasteiger partial charge is 0.267 e. The highest BCUT2D eigenvalue weighted by Crippen LogP contribution is 2.38. The fourth-order valence-corrected chi connectivity index (χ4v) is 6.12. The number of rotatable bonds is 5. The molecular weight excluding hydrogens is 490 g/mol. The molecule has 0 spiro atoms. The average molecular weight is 520 g/mol. The van der Waals surface area contributed by atoms with Gasteiger partial charge in [-0.05, 0) is 43.7 Å². The summed E-state index contributed by atoms with van der Waals surface area (Å²) in [7, 11) is 0. The summed E-state index contributed by atoms with van der Waals surface area (Å²) >= 11 is 6.85. The first kappa shape index (κ1) is 24.7. The molecule has 0 saturated carbocycles. The van der Waals surface area contributed by atoms with E-state index >= 15 is 0 Å². The fraction of sp³-hybridized carbons (Fsp3) is 0.333. The van der Waals surface area contributed by atoms with Crippen LogP contribution in [-0.2, 0) is 4.79 Å². The molecule has 0 N–H and O–H groups in total. The van der Waals surface area contributed by atoms with Crippen molar-refractivity contribution in [2.24, 2.45) is 0 Å². The Bertz CT molecular complexity index is 1410. The lowest BCUT2D eigenvalue weighted by Gasteiger charge is -2.35. The molecule has 0 aliphatic carbocycles. The van der Waals surface area contributed by atoms with Crippen molar-refractivity contribution in [2.45, 2.75) is 26.8 Å². The second-order valence-electron chi connectivity index (χ2n) is 9.15. The van der Waals surface area contributed by atoms with Crippen LogP contribution in [-0.4, -0.2) is 62.1 Å². The van der Waals surface area contributed by atoms with Gasteiger partial charge in [0, 0.05) is 32.4 Å². The molecule has 2 aliphatic rings. The molecule has 4 heterocycles. The molecule has 0 unspecified atom stereocenters. The Morgan fingerprint density at radius 2 is 1.81 bits per heavy atom. The van der Waals surface area contributed by atoms with Crippen LogP contribution in [0.4, 0.5) is 5.82 Å². The van der Waals surface area contributed by atoms with Gasteiger partial charge in [0.2, 0.25) is 0 Å². The van der Waals surface area contributed by atoms with Crippen LogP contribution in [0.5, 0.6) is 0 Å². The molecule has 36 heavy (non-hydrogen) atoms. The van der Waals surface area contributed by atoms with Crippen molar-refractivity contribution < 1.29 is 4.79 Å². The van der Waals surface area contributed by atoms with E-state index in [4.69, 9.17) is 17.2 Å². The third-order valence-electron chi connectivity index (χ3n) is 6.87. The van der Waals surface area contributed by atoms with Gasteiger partial charge in [0.1, 0.15) is 15.8 Å². The highest BCUT2D eigenvalue weighted by molar-refractivity contribution is 8.26. The van der Waals surface area contributed by atoms with Crippen LogP contribution in [0, 0.1) is 6.92 Å². The molecule has 0 radical (unpaired) electrons. The first-order valence-corrected chi connectivity index (χ1v) is 13.4. The van der Waals surface area contributed by atoms with Crippen molar-refractivity contribution in [2.75, 3.05) is 37.6 Å². The van der Waals surface area contributed by atoms with Crippen LogP contribution in [0.1, 0.15) is 36.6 Å². The third-order valence-corrected chi connectivity index (χ3v) is 8.20. The number of aryl methyl sites for hydroxylation is 1. The molecule has 7 nitrogen and oxygen atoms in total. The van der Waals surface area contributed by atoms with Crippen LogP contribution in [0.2, 0.25) is 0 Å². The summed E-state index contributed by atoms with van der Waals surface area (Å²) in [6.07, 6.45) is 3.49. The summed E-state index contributed by atoms with van der Waals surface area (Å²) in [4.78, 5) is 38.8. The van der Waals surface area contributed by atoms with E-state index < -0.39 is 0 Å². The molecule has 1 aromatic carbocycles. The Kier molecular flexibility index (Phi) is 6.96. The van der Waals surface area contributed by atoms with Gasteiger partial charge in [0.25, 0.3) is 11.5 Å². The lowest BCUT2D eigenvalue weighted by Crippen LogP contribution is -2.47. The Morgan fingerprint density at radius 3 is 2.50 bits per heavy atom. The predicted octanol–water partition coefficient (Wildman–Crippen LogP) is 4.11. The number of thiocarbonyl (C=S) groups is 1. The quantitative estimate of drug-likeness (QED) is 0.371. The van der Waals surface area contributed by atoms with Crippen molar-refractivity contribution in [1.82, 2.24) is 19.2 Å². The van der Waals surface area contributed by atoms with Gasteiger partial charge >= 0.3 is 0 Å². The van der Waals surface area contributed by atoms with Crippen LogP contribution in [0.3, 0.4) is 0 Å². The number of carbonyl (C=O) groups excluding carboxylic acids is 1. The monoisotopic (exact) mass is 519 g/mol. The SMILES string of the molecule is CCN1CCN(c2nc3ccc(C)cn3c(=O)c2/C=C2\SC(=S)N([C@H](C)c3ccccc3)C2=O)CC1. The molecule has 2 saturated heterocycles. The number of benzene rings is 1. The molecule has 0 bridgehead atoms. The van der Waals surface area contributed by atoms with Crippen LogP contribution in [0.25, 0.3) is 11.7 Å². The summed E-state index contributed by atoms with van der Waals surface area (Å²) in [6, 6.07) is 13.4. The topological polar surface area (TPSA) is 61.2 Å². The molecule has 9 heteroatoms. The van der Waals surface area contributed by atoms with Gasteiger partial charge in [-0.15, -0.1) is 0 Å². The lowest BCUT2D eigenvalue weighted by atomic mass is 10.1. The van der Waals surface area contributed by atoms with Crippen LogP contribution in [0.15, 0.2) is 58.4 Å². The lowest BCUT2D eigenvalue weighted by molar-refractivity contribution is -0.123. The van der Waals surface area contributed by atoms with Gasteiger partial charge in [-0.25, -0.2) is 4.98 Å². The maximum absolute atomic E-state index is 13.8. The largest absolute Gasteiger partial charge is 0.353 e. The average Bonchev–Trinajstić information content (AvgIpc) is 3.18. The van der Waals surface area contributed by atoms with E-state index in [9.17, 15) is 9.59 Å². The van der Waals surface area contributed by atoms with Gasteiger partial charge in [0.15, 0.2) is 0 Å². The van der Waals surface area contributed by atoms with E-state index in [0.29, 0.717) is 26.3 Å². The number of thioether (sulfide) groups is 1. The Labute approximate surface area is 220 Å². The van der Waals surface area contributed by atoms with E-state index in [2.05, 4.69) is 16.7 Å². The Balaban J connectivity index is 1.57. The molecule has 1 amide bonds. The normalized spacial score (nSPS) is 19.0. The van der Waals surface area contributed by atoms with Crippen molar-refractivity contribution in [1.29, 1.82) is 0 Å². The fourth-order valence-electron chi connectivity index (χ4n) is 4.72. The molecule has 5 rings (SSSR count). The highest BCUT2D eigenvalue weighted by Gasteiger charge is 2.36. The number of fused-ring (bicyclic) bond motifs is 1. The molecule has 3 aromatic rings. The standard InChI is InChI=1S/C27H29N5O2S2/c1-4-29-12-14-30(15-13-29)24-21(25(33)31-17-18(2)10-11-23(31)28-24)16-22-26(34)32(27(35)36-22)19(3)20-8-6-5-7-9-20/h5-11,16-17,19H,4,12-15H2,1-3H3/b22-16-/t19-/m1/s1. The summed E-state index contributed by atoms with van der Waals surface area (Å²) in [5.41, 5.74) is 2.81. The van der Waals surface area contributed by atoms with E-state index in [0.717, 1.165) is 43.9 Å². The Hall–Kier alpha value is -3.01. The van der Waals surface area contributed by atoms with Gasteiger partial charge in [-0.3, -0.25) is 18.9 Å². The minimum Gasteiger partial charge on any atom is -0.353 e. The maximum Gasteiger partial charge on any atom is 0.267 e. The molecule has 1 atom stereocenters. The minimum absolute atomic E-state index is 0.182. The summed E-state index contributed by atoms with van der Waals surface area (Å²) in [5, 5.41) is 0. The number of likely N-dealkylation sites (N-methyl/N-ethyl adjacent to an activating group) is 1. The van der Waals surface area contributed by atoms with Gasteiger partial charge < -0.3 is 9.80 Å². The third kappa shape index (κ3) is 4.58. The zero-order valence-corrected chi connectivity index (χ0v) is 22.3. The van der Waals surface area contributed by atoms with E-state index in [1.54, 1.807) is 21.6 Å². The van der Waals surface area contributed by atoms with Crippen molar-refractivity contribution in [3.63, 3.8) is 0 Å². The van der Waals surface area contributed by atoms with Crippen molar-refractivity contribution in [3.8, 4) is 0 Å². The molecule has 2 aromatic heterocycles. The summed E-state index contributed by atoms with van der Waals surface area (Å²) < 4.78 is 2.06. The number of nitrogens with zero attached hydrogens (tertiary/aromatic N) is 5. The van der Waals surface area contributed by atoms with Gasteiger partial charge in [-0.1, -0.05) is 67.3 Å². The zero-order valence-electron chi connectivity index (χ0n) is 20.7. The number of pyridine rings is 1. The number of carbonyl (C=O) groups is 1. The first-order valence-electron chi connectivity index (χ1n) is 12.2. The minimum atomic E-state index is -0.204. The first-order chi connectivity index (χ1) is 17.4. The molecule has 2 fully saturated rings. The van der Waals surface area contributed by atoms with E-state index in [1.807, 2.05) is 56.3 Å². The number of anilines is 1. The molecule has 2 aliphatic heterocycles. The highest BCUT2D eigenvalue weighted by atomic mass is 32.2. The second-order valence-corrected chi connectivity index (χ2v) is 10.8. The molecule has 186 valence electrons. The number of piperazine rings is 1. The van der Waals surface area contributed by atoms with Crippen molar-refractivity contribution >= 4 is 51.7 Å². The summed E-state index contributed by atoms with van der Waals surface area (Å²) in [5.74, 6) is 0.442. The number of amides is 1. The number of aromatic nitrogens is 2. The summed E-state index contributed by atoms with van der Waals surface area (Å²) in [6.45, 7) is 10.4. The van der Waals surface area contributed by atoms with Gasteiger partial charge in [-0.2, -0.15) is 0 Å². The van der Waals surface area contributed by atoms with Crippen molar-refractivity contribution in [3.05, 3.63) is 80.6 Å². The van der Waals surface area contributed by atoms with Crippen LogP contribution < -0.4 is 10.5 Å².